The first-order valence-corrected chi connectivity index (χ1v) is 6.91. The maximum atomic E-state index is 6.26. The van der Waals surface area contributed by atoms with Crippen molar-refractivity contribution in [3.05, 3.63) is 23.0 Å². The van der Waals surface area contributed by atoms with Crippen molar-refractivity contribution >= 4 is 5.69 Å². The molecule has 1 aromatic heterocycles. The Morgan fingerprint density at radius 3 is 2.06 bits per heavy atom. The first kappa shape index (κ1) is 15.0. The fourth-order valence-electron chi connectivity index (χ4n) is 2.20. The topological polar surface area (TPSA) is 38.9 Å². The molecule has 0 aliphatic rings. The van der Waals surface area contributed by atoms with E-state index in [2.05, 4.69) is 54.5 Å². The molecule has 2 N–H and O–H groups in total. The summed E-state index contributed by atoms with van der Waals surface area (Å²) in [7, 11) is 0. The first-order valence-electron chi connectivity index (χ1n) is 6.91. The molecule has 1 rings (SSSR count). The summed E-state index contributed by atoms with van der Waals surface area (Å²) in [5, 5.41) is 0. The molecule has 0 saturated heterocycles. The van der Waals surface area contributed by atoms with Crippen LogP contribution in [0.4, 0.5) is 5.69 Å². The van der Waals surface area contributed by atoms with E-state index in [-0.39, 0.29) is 5.41 Å². The molecule has 0 spiro atoms. The van der Waals surface area contributed by atoms with Gasteiger partial charge in [0.25, 0.3) is 0 Å². The quantitative estimate of drug-likeness (QED) is 0.855. The number of hydrogen-bond donors (Lipinski definition) is 1. The number of rotatable bonds is 3. The summed E-state index contributed by atoms with van der Waals surface area (Å²) in [5.74, 6) is 0.826. The molecule has 0 saturated carbocycles. The molecule has 0 aromatic carbocycles. The van der Waals surface area contributed by atoms with Gasteiger partial charge >= 0.3 is 0 Å². The third kappa shape index (κ3) is 3.72. The van der Waals surface area contributed by atoms with Crippen LogP contribution in [0.25, 0.3) is 0 Å². The van der Waals surface area contributed by atoms with E-state index >= 15 is 0 Å². The van der Waals surface area contributed by atoms with Gasteiger partial charge in [0.2, 0.25) is 0 Å². The van der Waals surface area contributed by atoms with Crippen molar-refractivity contribution < 1.29 is 0 Å². The Labute approximate surface area is 112 Å². The molecule has 1 aromatic rings. The fraction of sp³-hybridized carbons (Fsp3) is 0.688. The predicted octanol–water partition coefficient (Wildman–Crippen LogP) is 4.50. The Kier molecular flexibility index (Phi) is 4.41. The lowest BCUT2D eigenvalue weighted by molar-refractivity contribution is 0.405. The van der Waals surface area contributed by atoms with Crippen LogP contribution in [0.2, 0.25) is 0 Å². The molecule has 0 bridgehead atoms. The van der Waals surface area contributed by atoms with Gasteiger partial charge in [0.15, 0.2) is 0 Å². The van der Waals surface area contributed by atoms with Gasteiger partial charge in [0.1, 0.15) is 0 Å². The zero-order valence-electron chi connectivity index (χ0n) is 13.0. The molecule has 2 heteroatoms. The van der Waals surface area contributed by atoms with E-state index in [9.17, 15) is 0 Å². The second-order valence-corrected chi connectivity index (χ2v) is 7.05. The molecule has 2 nitrogen and oxygen atoms in total. The molecule has 1 heterocycles. The van der Waals surface area contributed by atoms with E-state index in [1.165, 1.54) is 11.3 Å². The summed E-state index contributed by atoms with van der Waals surface area (Å²) >= 11 is 0. The molecular weight excluding hydrogens is 220 g/mol. The van der Waals surface area contributed by atoms with E-state index in [0.29, 0.717) is 11.8 Å². The van der Waals surface area contributed by atoms with Crippen molar-refractivity contribution in [1.82, 2.24) is 4.98 Å². The van der Waals surface area contributed by atoms with E-state index in [1.807, 2.05) is 0 Å². The van der Waals surface area contributed by atoms with Gasteiger partial charge in [-0.3, -0.25) is 4.98 Å². The van der Waals surface area contributed by atoms with Crippen molar-refractivity contribution in [2.24, 2.45) is 5.41 Å². The zero-order valence-corrected chi connectivity index (χ0v) is 13.0. The average Bonchev–Trinajstić information content (AvgIpc) is 2.17. The summed E-state index contributed by atoms with van der Waals surface area (Å²) < 4.78 is 0. The second-order valence-electron chi connectivity index (χ2n) is 7.05. The van der Waals surface area contributed by atoms with Crippen LogP contribution in [0.15, 0.2) is 6.07 Å². The lowest BCUT2D eigenvalue weighted by Gasteiger charge is -2.22. The van der Waals surface area contributed by atoms with Gasteiger partial charge in [-0.1, -0.05) is 48.5 Å². The van der Waals surface area contributed by atoms with Gasteiger partial charge in [-0.2, -0.15) is 0 Å². The van der Waals surface area contributed by atoms with Crippen LogP contribution < -0.4 is 5.73 Å². The van der Waals surface area contributed by atoms with E-state index in [0.717, 1.165) is 17.8 Å². The minimum absolute atomic E-state index is 0.256. The van der Waals surface area contributed by atoms with Gasteiger partial charge in [-0.15, -0.1) is 0 Å². The molecule has 18 heavy (non-hydrogen) atoms. The van der Waals surface area contributed by atoms with Crippen molar-refractivity contribution in [2.45, 2.75) is 66.7 Å². The van der Waals surface area contributed by atoms with Gasteiger partial charge in [0.05, 0.1) is 11.4 Å². The van der Waals surface area contributed by atoms with Crippen molar-refractivity contribution in [2.75, 3.05) is 5.73 Å². The average molecular weight is 248 g/mol. The molecule has 0 amide bonds. The summed E-state index contributed by atoms with van der Waals surface area (Å²) in [6, 6.07) is 2.19. The van der Waals surface area contributed by atoms with Crippen LogP contribution in [0, 0.1) is 5.41 Å². The van der Waals surface area contributed by atoms with E-state index in [1.54, 1.807) is 0 Å². The summed E-state index contributed by atoms with van der Waals surface area (Å²) in [6.45, 7) is 15.4. The highest BCUT2D eigenvalue weighted by Gasteiger charge is 2.18. The lowest BCUT2D eigenvalue weighted by atomic mass is 9.88. The van der Waals surface area contributed by atoms with E-state index in [4.69, 9.17) is 10.7 Å². The smallest absolute Gasteiger partial charge is 0.0664 e. The van der Waals surface area contributed by atoms with Gasteiger partial charge < -0.3 is 5.73 Å². The Bertz CT molecular complexity index is 383. The number of aromatic nitrogens is 1. The fourth-order valence-corrected chi connectivity index (χ4v) is 2.20. The Morgan fingerprint density at radius 2 is 1.67 bits per heavy atom. The van der Waals surface area contributed by atoms with Crippen molar-refractivity contribution in [1.29, 1.82) is 0 Å². The summed E-state index contributed by atoms with van der Waals surface area (Å²) in [4.78, 5) is 4.78. The minimum atomic E-state index is 0.256. The zero-order chi connectivity index (χ0) is 14.1. The summed E-state index contributed by atoms with van der Waals surface area (Å²) in [5.41, 5.74) is 10.9. The highest BCUT2D eigenvalue weighted by Crippen LogP contribution is 2.31. The first-order chi connectivity index (χ1) is 8.11. The number of pyridine rings is 1. The molecule has 0 aliphatic carbocycles. The number of anilines is 1. The standard InChI is InChI=1S/C16H28N2/c1-10(2)13-8-12(9-16(5,6)7)18-15(11(3)4)14(13)17/h8,10-11H,9,17H2,1-7H3. The maximum absolute atomic E-state index is 6.26. The Hall–Kier alpha value is -1.05. The normalized spacial score (nSPS) is 12.5. The van der Waals surface area contributed by atoms with Crippen LogP contribution in [0.1, 0.15) is 77.3 Å². The third-order valence-corrected chi connectivity index (χ3v) is 3.05. The van der Waals surface area contributed by atoms with Crippen LogP contribution in [0.3, 0.4) is 0 Å². The maximum Gasteiger partial charge on any atom is 0.0664 e. The number of nitrogens with two attached hydrogens (primary N) is 1. The number of nitrogens with zero attached hydrogens (tertiary/aromatic N) is 1. The monoisotopic (exact) mass is 248 g/mol. The number of nitrogen functional groups attached to an aromatic ring is 1. The SMILES string of the molecule is CC(C)c1cc(CC(C)(C)C)nc(C(C)C)c1N. The molecule has 0 unspecified atom stereocenters. The van der Waals surface area contributed by atoms with Crippen molar-refractivity contribution in [3.63, 3.8) is 0 Å². The molecule has 0 atom stereocenters. The largest absolute Gasteiger partial charge is 0.397 e. The highest BCUT2D eigenvalue weighted by atomic mass is 14.8. The minimum Gasteiger partial charge on any atom is -0.397 e. The molecule has 0 aliphatic heterocycles. The van der Waals surface area contributed by atoms with Gasteiger partial charge in [-0.05, 0) is 35.3 Å². The van der Waals surface area contributed by atoms with Crippen LogP contribution in [0.5, 0.6) is 0 Å². The van der Waals surface area contributed by atoms with Crippen LogP contribution >= 0.6 is 0 Å². The highest BCUT2D eigenvalue weighted by molar-refractivity contribution is 5.54. The summed E-state index contributed by atoms with van der Waals surface area (Å²) in [6.07, 6.45) is 0.993. The van der Waals surface area contributed by atoms with Crippen LogP contribution in [-0.4, -0.2) is 4.98 Å². The Morgan fingerprint density at radius 1 is 1.11 bits per heavy atom. The van der Waals surface area contributed by atoms with Crippen LogP contribution in [-0.2, 0) is 6.42 Å². The molecule has 102 valence electrons. The predicted molar refractivity (Wildman–Crippen MR) is 80.0 cm³/mol. The molecular formula is C16H28N2. The lowest BCUT2D eigenvalue weighted by Crippen LogP contribution is -2.14. The number of hydrogen-bond acceptors (Lipinski definition) is 2. The second kappa shape index (κ2) is 5.29. The van der Waals surface area contributed by atoms with E-state index < -0.39 is 0 Å². The van der Waals surface area contributed by atoms with Crippen molar-refractivity contribution in [3.8, 4) is 0 Å². The molecule has 0 fully saturated rings. The Balaban J connectivity index is 3.29. The third-order valence-electron chi connectivity index (χ3n) is 3.05. The van der Waals surface area contributed by atoms with Gasteiger partial charge in [0, 0.05) is 5.69 Å². The van der Waals surface area contributed by atoms with Gasteiger partial charge in [-0.25, -0.2) is 0 Å². The molecule has 0 radical (unpaired) electrons.